The van der Waals surface area contributed by atoms with Crippen molar-refractivity contribution in [1.29, 1.82) is 0 Å². The van der Waals surface area contributed by atoms with Gasteiger partial charge >= 0.3 is 0 Å². The number of rotatable bonds is 8. The molecule has 0 radical (unpaired) electrons. The minimum atomic E-state index is 0.752. The summed E-state index contributed by atoms with van der Waals surface area (Å²) in [5.74, 6) is 1.69. The molecule has 1 aliphatic rings. The monoisotopic (exact) mass is 390 g/mol. The molecule has 1 aliphatic carbocycles. The molecular weight excluding hydrogens is 364 g/mol. The number of nitrogens with one attached hydrogen (secondary N) is 1. The Kier molecular flexibility index (Phi) is 7.50. The third-order valence-electron chi connectivity index (χ3n) is 4.13. The summed E-state index contributed by atoms with van der Waals surface area (Å²) in [6, 6.07) is 6.26. The Morgan fingerprint density at radius 1 is 1.25 bits per heavy atom. The molecular formula is C19H27BrN4. The summed E-state index contributed by atoms with van der Waals surface area (Å²) in [6.45, 7) is 6.97. The first kappa shape index (κ1) is 18.7. The molecule has 24 heavy (non-hydrogen) atoms. The van der Waals surface area contributed by atoms with Crippen molar-refractivity contribution in [2.75, 3.05) is 11.9 Å². The molecule has 0 aliphatic heterocycles. The van der Waals surface area contributed by atoms with Crippen LogP contribution >= 0.6 is 15.9 Å². The molecule has 4 nitrogen and oxygen atoms in total. The molecule has 130 valence electrons. The Hall–Kier alpha value is -1.62. The van der Waals surface area contributed by atoms with Gasteiger partial charge in [0.15, 0.2) is 0 Å². The van der Waals surface area contributed by atoms with Crippen molar-refractivity contribution >= 4 is 21.7 Å². The number of unbranched alkanes of at least 4 members (excludes halogenated alkanes) is 2. The second-order valence-electron chi connectivity index (χ2n) is 6.06. The zero-order chi connectivity index (χ0) is 17.4. The number of aromatic nitrogens is 3. The number of hydrogen-bond acceptors (Lipinski definition) is 3. The van der Waals surface area contributed by atoms with Gasteiger partial charge in [0, 0.05) is 35.9 Å². The standard InChI is InChI=1S/C17H23BrN4.C2H4/c1-22-15(12-16(21-22)13-6-7-13)5-3-2-4-9-19-17-11-14(18)8-10-20-17;1-2/h8,10-13H,2-7,9H2,1H3,(H,19,20);1-2H2. The molecule has 2 aromatic heterocycles. The predicted molar refractivity (Wildman–Crippen MR) is 104 cm³/mol. The van der Waals surface area contributed by atoms with Crippen molar-refractivity contribution < 1.29 is 0 Å². The summed E-state index contributed by atoms with van der Waals surface area (Å²) < 4.78 is 3.13. The smallest absolute Gasteiger partial charge is 0.127 e. The molecule has 0 saturated heterocycles. The first-order chi connectivity index (χ1) is 11.7. The summed E-state index contributed by atoms with van der Waals surface area (Å²) in [4.78, 5) is 4.29. The molecule has 0 aromatic carbocycles. The minimum Gasteiger partial charge on any atom is -0.370 e. The summed E-state index contributed by atoms with van der Waals surface area (Å²) in [5, 5.41) is 7.99. The first-order valence-corrected chi connectivity index (χ1v) is 9.40. The van der Waals surface area contributed by atoms with E-state index in [-0.39, 0.29) is 0 Å². The van der Waals surface area contributed by atoms with Gasteiger partial charge in [0.05, 0.1) is 5.69 Å². The molecule has 5 heteroatoms. The fourth-order valence-corrected chi connectivity index (χ4v) is 3.00. The van der Waals surface area contributed by atoms with Gasteiger partial charge in [-0.05, 0) is 50.3 Å². The van der Waals surface area contributed by atoms with Crippen LogP contribution in [0.25, 0.3) is 0 Å². The van der Waals surface area contributed by atoms with Crippen molar-refractivity contribution in [2.45, 2.75) is 44.4 Å². The number of pyridine rings is 1. The molecule has 2 aromatic rings. The maximum absolute atomic E-state index is 4.63. The largest absolute Gasteiger partial charge is 0.370 e. The summed E-state index contributed by atoms with van der Waals surface area (Å²) in [7, 11) is 2.07. The molecule has 1 N–H and O–H groups in total. The van der Waals surface area contributed by atoms with Gasteiger partial charge in [0.2, 0.25) is 0 Å². The van der Waals surface area contributed by atoms with E-state index < -0.39 is 0 Å². The quantitative estimate of drug-likeness (QED) is 0.504. The Bertz CT molecular complexity index is 634. The maximum Gasteiger partial charge on any atom is 0.127 e. The van der Waals surface area contributed by atoms with E-state index in [9.17, 15) is 0 Å². The number of hydrogen-bond donors (Lipinski definition) is 1. The van der Waals surface area contributed by atoms with Crippen molar-refractivity contribution in [3.8, 4) is 0 Å². The second-order valence-corrected chi connectivity index (χ2v) is 6.97. The zero-order valence-corrected chi connectivity index (χ0v) is 16.1. The average Bonchev–Trinajstić information content (AvgIpc) is 3.37. The van der Waals surface area contributed by atoms with E-state index >= 15 is 0 Å². The van der Waals surface area contributed by atoms with Crippen molar-refractivity contribution in [2.24, 2.45) is 7.05 Å². The Labute approximate surface area is 153 Å². The van der Waals surface area contributed by atoms with E-state index in [1.54, 1.807) is 0 Å². The molecule has 0 atom stereocenters. The van der Waals surface area contributed by atoms with Gasteiger partial charge in [-0.2, -0.15) is 5.10 Å². The van der Waals surface area contributed by atoms with Gasteiger partial charge in [-0.3, -0.25) is 4.68 Å². The lowest BCUT2D eigenvalue weighted by atomic mass is 10.1. The van der Waals surface area contributed by atoms with Crippen LogP contribution in [0.5, 0.6) is 0 Å². The predicted octanol–water partition coefficient (Wildman–Crippen LogP) is 5.08. The second kappa shape index (κ2) is 9.62. The van der Waals surface area contributed by atoms with Crippen LogP contribution in [0.4, 0.5) is 5.82 Å². The highest BCUT2D eigenvalue weighted by molar-refractivity contribution is 9.10. The van der Waals surface area contributed by atoms with E-state index in [0.717, 1.165) is 29.2 Å². The molecule has 1 saturated carbocycles. The van der Waals surface area contributed by atoms with E-state index in [1.807, 2.05) is 18.3 Å². The molecule has 1 fully saturated rings. The lowest BCUT2D eigenvalue weighted by molar-refractivity contribution is 0.642. The minimum absolute atomic E-state index is 0.752. The van der Waals surface area contributed by atoms with Gasteiger partial charge in [-0.15, -0.1) is 13.2 Å². The number of halogens is 1. The Morgan fingerprint density at radius 3 is 2.75 bits per heavy atom. The number of aryl methyl sites for hydroxylation is 2. The molecule has 3 rings (SSSR count). The summed E-state index contributed by atoms with van der Waals surface area (Å²) >= 11 is 3.46. The van der Waals surface area contributed by atoms with E-state index in [2.05, 4.69) is 62.3 Å². The number of anilines is 1. The fraction of sp³-hybridized carbons (Fsp3) is 0.474. The van der Waals surface area contributed by atoms with Crippen molar-refractivity contribution in [1.82, 2.24) is 14.8 Å². The van der Waals surface area contributed by atoms with Gasteiger partial charge in [-0.25, -0.2) is 4.98 Å². The third kappa shape index (κ3) is 5.78. The topological polar surface area (TPSA) is 42.7 Å². The highest BCUT2D eigenvalue weighted by atomic mass is 79.9. The van der Waals surface area contributed by atoms with Crippen LogP contribution in [-0.4, -0.2) is 21.3 Å². The highest BCUT2D eigenvalue weighted by Crippen LogP contribution is 2.39. The lowest BCUT2D eigenvalue weighted by Crippen LogP contribution is -2.03. The first-order valence-electron chi connectivity index (χ1n) is 8.60. The van der Waals surface area contributed by atoms with Crippen LogP contribution in [0.2, 0.25) is 0 Å². The molecule has 0 bridgehead atoms. The van der Waals surface area contributed by atoms with Crippen LogP contribution < -0.4 is 5.32 Å². The van der Waals surface area contributed by atoms with E-state index in [1.165, 1.54) is 43.5 Å². The molecule has 0 unspecified atom stereocenters. The van der Waals surface area contributed by atoms with Crippen LogP contribution in [0, 0.1) is 0 Å². The van der Waals surface area contributed by atoms with E-state index in [0.29, 0.717) is 0 Å². The highest BCUT2D eigenvalue weighted by Gasteiger charge is 2.26. The van der Waals surface area contributed by atoms with Crippen molar-refractivity contribution in [3.05, 3.63) is 53.4 Å². The van der Waals surface area contributed by atoms with Crippen LogP contribution in [0.15, 0.2) is 42.0 Å². The van der Waals surface area contributed by atoms with Crippen LogP contribution in [0.1, 0.15) is 49.4 Å². The van der Waals surface area contributed by atoms with Gasteiger partial charge in [-0.1, -0.05) is 22.4 Å². The van der Waals surface area contributed by atoms with Gasteiger partial charge < -0.3 is 5.32 Å². The normalized spacial score (nSPS) is 13.2. The van der Waals surface area contributed by atoms with Gasteiger partial charge in [0.1, 0.15) is 5.82 Å². The number of nitrogens with zero attached hydrogens (tertiary/aromatic N) is 3. The molecule has 0 amide bonds. The molecule has 0 spiro atoms. The van der Waals surface area contributed by atoms with E-state index in [4.69, 9.17) is 0 Å². The van der Waals surface area contributed by atoms with Gasteiger partial charge in [0.25, 0.3) is 0 Å². The van der Waals surface area contributed by atoms with Crippen LogP contribution in [-0.2, 0) is 13.5 Å². The zero-order valence-electron chi connectivity index (χ0n) is 14.5. The lowest BCUT2D eigenvalue weighted by Gasteiger charge is -2.06. The maximum atomic E-state index is 4.63. The van der Waals surface area contributed by atoms with Crippen molar-refractivity contribution in [3.63, 3.8) is 0 Å². The average molecular weight is 391 g/mol. The molecule has 2 heterocycles. The third-order valence-corrected chi connectivity index (χ3v) is 4.62. The van der Waals surface area contributed by atoms with Crippen LogP contribution in [0.3, 0.4) is 0 Å². The summed E-state index contributed by atoms with van der Waals surface area (Å²) in [5.41, 5.74) is 2.68. The fourth-order valence-electron chi connectivity index (χ4n) is 2.67. The Morgan fingerprint density at radius 2 is 2.04 bits per heavy atom. The Balaban J connectivity index is 0.00000100. The summed E-state index contributed by atoms with van der Waals surface area (Å²) in [6.07, 6.45) is 9.21. The SMILES string of the molecule is C=C.Cn1nc(C2CC2)cc1CCCCCNc1cc(Br)ccn1.